The van der Waals surface area contributed by atoms with Gasteiger partial charge >= 0.3 is 6.16 Å². The Morgan fingerprint density at radius 3 is 2.50 bits per heavy atom. The molecule has 2 aliphatic heterocycles. The van der Waals surface area contributed by atoms with Gasteiger partial charge in [-0.15, -0.1) is 0 Å². The van der Waals surface area contributed by atoms with E-state index in [4.69, 9.17) is 14.2 Å². The minimum Gasteiger partial charge on any atom is -0.477 e. The monoisotopic (exact) mass is 553 g/mol. The Labute approximate surface area is 238 Å². The second kappa shape index (κ2) is 11.6. The molecule has 7 nitrogen and oxygen atoms in total. The van der Waals surface area contributed by atoms with Crippen LogP contribution in [0.5, 0.6) is 11.5 Å². The first-order valence-electron chi connectivity index (χ1n) is 16.1. The number of benzene rings is 1. The number of nitrogens with zero attached hydrogens (tertiary/aromatic N) is 1. The summed E-state index contributed by atoms with van der Waals surface area (Å²) in [7, 11) is 0. The Balaban J connectivity index is 1.07. The minimum atomic E-state index is -1.02. The summed E-state index contributed by atoms with van der Waals surface area (Å²) in [5, 5.41) is 12.4. The normalized spacial score (nSPS) is 30.1. The standard InChI is InChI=1S/C33H47NO6/c1-2-3-4-5-6-7-8-9-10-11-20-38-31(36)39-26-15-14-24-21-27-33(37)17-16-25(35)30-32(33,28(24)29(26)40-30)18-19-34(27)22-23-12-13-23/h14-15,23,27,30,37H,2-13,16-22H2,1H3/t27?,30-,32-,33+/m0/s1. The molecule has 1 N–H and O–H groups in total. The number of ether oxygens (including phenoxy) is 3. The topological polar surface area (TPSA) is 85.3 Å². The molecule has 1 unspecified atom stereocenters. The number of carbonyl (C=O) groups excluding carboxylic acids is 2. The van der Waals surface area contributed by atoms with Gasteiger partial charge in [0.25, 0.3) is 0 Å². The summed E-state index contributed by atoms with van der Waals surface area (Å²) in [6.07, 6.45) is 15.4. The quantitative estimate of drug-likeness (QED) is 0.165. The average molecular weight is 554 g/mol. The van der Waals surface area contributed by atoms with Crippen LogP contribution in [0.25, 0.3) is 0 Å². The highest BCUT2D eigenvalue weighted by atomic mass is 16.7. The smallest absolute Gasteiger partial charge is 0.477 e. The van der Waals surface area contributed by atoms with E-state index in [2.05, 4.69) is 11.8 Å². The van der Waals surface area contributed by atoms with Crippen LogP contribution in [0, 0.1) is 5.92 Å². The Hall–Kier alpha value is -2.12. The van der Waals surface area contributed by atoms with Crippen molar-refractivity contribution in [1.82, 2.24) is 4.90 Å². The van der Waals surface area contributed by atoms with Crippen LogP contribution in [0.4, 0.5) is 4.79 Å². The van der Waals surface area contributed by atoms with Crippen LogP contribution in [0.15, 0.2) is 12.1 Å². The van der Waals surface area contributed by atoms with Gasteiger partial charge < -0.3 is 19.3 Å². The van der Waals surface area contributed by atoms with Gasteiger partial charge in [0.1, 0.15) is 0 Å². The number of rotatable bonds is 14. The van der Waals surface area contributed by atoms with Crippen molar-refractivity contribution in [3.8, 4) is 11.5 Å². The molecule has 220 valence electrons. The second-order valence-electron chi connectivity index (χ2n) is 13.1. The number of hydrogen-bond acceptors (Lipinski definition) is 7. The van der Waals surface area contributed by atoms with Gasteiger partial charge in [0.05, 0.1) is 17.6 Å². The number of hydrogen-bond donors (Lipinski definition) is 1. The molecule has 6 rings (SSSR count). The van der Waals surface area contributed by atoms with Crippen molar-refractivity contribution in [3.63, 3.8) is 0 Å². The molecule has 2 heterocycles. The summed E-state index contributed by atoms with van der Waals surface area (Å²) in [6, 6.07) is 3.76. The van der Waals surface area contributed by atoms with E-state index in [-0.39, 0.29) is 11.8 Å². The molecule has 0 amide bonds. The van der Waals surface area contributed by atoms with Crippen molar-refractivity contribution in [2.24, 2.45) is 5.92 Å². The van der Waals surface area contributed by atoms with Crippen molar-refractivity contribution in [1.29, 1.82) is 0 Å². The van der Waals surface area contributed by atoms with Crippen LogP contribution < -0.4 is 9.47 Å². The molecule has 2 saturated carbocycles. The van der Waals surface area contributed by atoms with Crippen molar-refractivity contribution in [2.45, 2.75) is 133 Å². The first-order chi connectivity index (χ1) is 19.5. The van der Waals surface area contributed by atoms with Gasteiger partial charge in [-0.1, -0.05) is 70.8 Å². The van der Waals surface area contributed by atoms with Crippen LogP contribution >= 0.6 is 0 Å². The Kier molecular flexibility index (Phi) is 8.15. The highest BCUT2D eigenvalue weighted by Gasteiger charge is 2.73. The highest BCUT2D eigenvalue weighted by Crippen LogP contribution is 2.65. The minimum absolute atomic E-state index is 0.0164. The number of unbranched alkanes of at least 4 members (excludes halogenated alkanes) is 9. The number of carbonyl (C=O) groups is 2. The summed E-state index contributed by atoms with van der Waals surface area (Å²) in [5.74, 6) is 1.53. The largest absolute Gasteiger partial charge is 0.513 e. The Morgan fingerprint density at radius 2 is 1.77 bits per heavy atom. The van der Waals surface area contributed by atoms with Gasteiger partial charge in [0, 0.05) is 24.6 Å². The number of likely N-dealkylation sites (tertiary alicyclic amines) is 1. The lowest BCUT2D eigenvalue weighted by atomic mass is 9.49. The van der Waals surface area contributed by atoms with Crippen molar-refractivity contribution < 1.29 is 28.9 Å². The number of ketones is 1. The number of Topliss-reactive ketones (excluding diaryl/α,β-unsaturated/α-hetero) is 1. The van der Waals surface area contributed by atoms with Crippen LogP contribution in [0.1, 0.15) is 114 Å². The molecule has 40 heavy (non-hydrogen) atoms. The lowest BCUT2D eigenvalue weighted by Gasteiger charge is -2.62. The van der Waals surface area contributed by atoms with E-state index in [1.165, 1.54) is 57.8 Å². The van der Waals surface area contributed by atoms with Crippen molar-refractivity contribution in [3.05, 3.63) is 23.3 Å². The van der Waals surface area contributed by atoms with E-state index >= 15 is 0 Å². The maximum atomic E-state index is 13.2. The molecule has 1 aromatic carbocycles. The van der Waals surface area contributed by atoms with Crippen molar-refractivity contribution in [2.75, 3.05) is 19.7 Å². The average Bonchev–Trinajstić information content (AvgIpc) is 3.68. The molecule has 7 heteroatoms. The fourth-order valence-corrected chi connectivity index (χ4v) is 8.20. The molecule has 0 aromatic heterocycles. The molecule has 3 fully saturated rings. The molecule has 4 atom stereocenters. The molecular formula is C33H47NO6. The van der Waals surface area contributed by atoms with Crippen LogP contribution in [-0.4, -0.2) is 59.4 Å². The predicted molar refractivity (Wildman–Crippen MR) is 152 cm³/mol. The maximum Gasteiger partial charge on any atom is 0.513 e. The Morgan fingerprint density at radius 1 is 1.05 bits per heavy atom. The Bertz CT molecular complexity index is 1100. The third-order valence-electron chi connectivity index (χ3n) is 10.5. The third kappa shape index (κ3) is 4.95. The summed E-state index contributed by atoms with van der Waals surface area (Å²) < 4.78 is 17.4. The van der Waals surface area contributed by atoms with E-state index in [9.17, 15) is 14.7 Å². The fraction of sp³-hybridized carbons (Fsp3) is 0.758. The first-order valence-corrected chi connectivity index (χ1v) is 16.1. The van der Waals surface area contributed by atoms with E-state index in [0.29, 0.717) is 37.4 Å². The van der Waals surface area contributed by atoms with Gasteiger partial charge in [-0.25, -0.2) is 4.79 Å². The van der Waals surface area contributed by atoms with E-state index < -0.39 is 23.3 Å². The number of piperidine rings is 1. The van der Waals surface area contributed by atoms with E-state index in [1.54, 1.807) is 6.07 Å². The fourth-order valence-electron chi connectivity index (χ4n) is 8.20. The predicted octanol–water partition coefficient (Wildman–Crippen LogP) is 6.26. The highest BCUT2D eigenvalue weighted by molar-refractivity contribution is 5.90. The maximum absolute atomic E-state index is 13.2. The SMILES string of the molecule is CCCCCCCCCCCCOC(=O)Oc1ccc2c3c1O[C@H]1C(=O)CC[C@@]4(O)C(C2)N(CC2CC2)CC[C@]314. The summed E-state index contributed by atoms with van der Waals surface area (Å²) in [6.45, 7) is 4.45. The van der Waals surface area contributed by atoms with Gasteiger partial charge in [0.15, 0.2) is 23.4 Å². The lowest BCUT2D eigenvalue weighted by molar-refractivity contribution is -0.188. The zero-order valence-corrected chi connectivity index (χ0v) is 24.3. The molecular weight excluding hydrogens is 506 g/mol. The molecule has 3 aliphatic carbocycles. The zero-order chi connectivity index (χ0) is 27.7. The van der Waals surface area contributed by atoms with Gasteiger partial charge in [-0.2, -0.15) is 0 Å². The van der Waals surface area contributed by atoms with Gasteiger partial charge in [-0.3, -0.25) is 9.69 Å². The van der Waals surface area contributed by atoms with Crippen LogP contribution in [0.3, 0.4) is 0 Å². The molecule has 5 aliphatic rings. The lowest BCUT2D eigenvalue weighted by Crippen LogP contribution is -2.76. The van der Waals surface area contributed by atoms with Crippen molar-refractivity contribution >= 4 is 11.9 Å². The van der Waals surface area contributed by atoms with E-state index in [0.717, 1.165) is 55.8 Å². The molecule has 0 radical (unpaired) electrons. The van der Waals surface area contributed by atoms with E-state index in [1.807, 2.05) is 6.07 Å². The summed E-state index contributed by atoms with van der Waals surface area (Å²) in [5.41, 5.74) is 0.213. The molecule has 1 spiro atoms. The molecule has 1 aromatic rings. The van der Waals surface area contributed by atoms with Gasteiger partial charge in [-0.05, 0) is 62.6 Å². The second-order valence-corrected chi connectivity index (χ2v) is 13.1. The molecule has 2 bridgehead atoms. The van der Waals surface area contributed by atoms with Crippen LogP contribution in [0.2, 0.25) is 0 Å². The molecule has 1 saturated heterocycles. The van der Waals surface area contributed by atoms with Crippen LogP contribution in [-0.2, 0) is 21.4 Å². The number of aliphatic hydroxyl groups is 1. The van der Waals surface area contributed by atoms with Gasteiger partial charge in [0.2, 0.25) is 0 Å². The zero-order valence-electron chi connectivity index (χ0n) is 24.3. The summed E-state index contributed by atoms with van der Waals surface area (Å²) in [4.78, 5) is 28.3. The first kappa shape index (κ1) is 28.0. The third-order valence-corrected chi connectivity index (χ3v) is 10.5. The summed E-state index contributed by atoms with van der Waals surface area (Å²) >= 11 is 0.